The Kier molecular flexibility index (Phi) is 9.26. The van der Waals surface area contributed by atoms with E-state index in [1.54, 1.807) is 0 Å². The molecule has 0 aromatic heterocycles. The van der Waals surface area contributed by atoms with Gasteiger partial charge in [-0.15, -0.1) is 0 Å². The predicted octanol–water partition coefficient (Wildman–Crippen LogP) is 7.36. The fraction of sp³-hybridized carbons (Fsp3) is 1.00. The molecule has 0 N–H and O–H groups in total. The maximum atomic E-state index is 6.24. The van der Waals surface area contributed by atoms with Crippen LogP contribution in [-0.4, -0.2) is 17.0 Å². The van der Waals surface area contributed by atoms with Crippen LogP contribution in [0.15, 0.2) is 0 Å². The van der Waals surface area contributed by atoms with Crippen molar-refractivity contribution in [2.24, 2.45) is 11.3 Å². The molecule has 0 radical (unpaired) electrons. The van der Waals surface area contributed by atoms with Crippen molar-refractivity contribution in [3.63, 3.8) is 0 Å². The largest absolute Gasteiger partial charge is 0.237 e. The molecule has 0 amide bonds. The minimum Gasteiger partial charge on any atom is -0.227 e. The van der Waals surface area contributed by atoms with Gasteiger partial charge < -0.3 is 0 Å². The van der Waals surface area contributed by atoms with E-state index in [1.807, 2.05) is 0 Å². The molecular formula is C23H46O4. The van der Waals surface area contributed by atoms with Crippen LogP contribution in [0.4, 0.5) is 0 Å². The normalized spacial score (nSPS) is 22.8. The van der Waals surface area contributed by atoms with E-state index in [0.29, 0.717) is 0 Å². The molecule has 1 aliphatic carbocycles. The lowest BCUT2D eigenvalue weighted by Crippen LogP contribution is -2.52. The third-order valence-corrected chi connectivity index (χ3v) is 7.31. The summed E-state index contributed by atoms with van der Waals surface area (Å²) in [7, 11) is 0. The highest BCUT2D eigenvalue weighted by atomic mass is 17.3. The van der Waals surface area contributed by atoms with Crippen LogP contribution in [-0.2, 0) is 19.6 Å². The second-order valence-electron chi connectivity index (χ2n) is 9.41. The van der Waals surface area contributed by atoms with Crippen molar-refractivity contribution in [3.8, 4) is 0 Å². The van der Waals surface area contributed by atoms with Crippen LogP contribution in [0.1, 0.15) is 120 Å². The molecule has 1 rings (SSSR count). The van der Waals surface area contributed by atoms with Gasteiger partial charge in [-0.2, -0.15) is 9.78 Å². The molecule has 1 aliphatic rings. The van der Waals surface area contributed by atoms with Crippen molar-refractivity contribution >= 4 is 0 Å². The van der Waals surface area contributed by atoms with Gasteiger partial charge in [0.25, 0.3) is 0 Å². The van der Waals surface area contributed by atoms with Crippen molar-refractivity contribution in [1.82, 2.24) is 0 Å². The van der Waals surface area contributed by atoms with Crippen LogP contribution in [0.5, 0.6) is 0 Å². The third kappa shape index (κ3) is 5.91. The summed E-state index contributed by atoms with van der Waals surface area (Å²) < 4.78 is 0. The monoisotopic (exact) mass is 386 g/mol. The number of rotatable bonds is 12. The summed E-state index contributed by atoms with van der Waals surface area (Å²) in [6, 6.07) is 0. The average molecular weight is 387 g/mol. The maximum Gasteiger partial charge on any atom is 0.237 e. The van der Waals surface area contributed by atoms with Crippen molar-refractivity contribution < 1.29 is 19.6 Å². The van der Waals surface area contributed by atoms with Crippen LogP contribution in [0.2, 0.25) is 0 Å². The van der Waals surface area contributed by atoms with Crippen LogP contribution in [0.3, 0.4) is 0 Å². The van der Waals surface area contributed by atoms with Gasteiger partial charge >= 0.3 is 0 Å². The predicted molar refractivity (Wildman–Crippen MR) is 111 cm³/mol. The molecule has 0 bridgehead atoms. The molecule has 0 saturated heterocycles. The van der Waals surface area contributed by atoms with Gasteiger partial charge in [0, 0.05) is 12.3 Å². The molecule has 162 valence electrons. The van der Waals surface area contributed by atoms with Gasteiger partial charge in [0.05, 0.1) is 0 Å². The molecular weight excluding hydrogens is 340 g/mol. The molecule has 0 aromatic carbocycles. The standard InChI is InChI=1S/C23H46O4/c1-10-21(11-2,12-3)24-26-23(18-20(8,9)17-16-19(23)7)27-25-22(13-4,14-5)15-6/h19H,10-18H2,1-9H3. The van der Waals surface area contributed by atoms with Crippen molar-refractivity contribution in [2.45, 2.75) is 137 Å². The fourth-order valence-corrected chi connectivity index (χ4v) is 4.17. The molecule has 4 heteroatoms. The minimum absolute atomic E-state index is 0.125. The van der Waals surface area contributed by atoms with Crippen molar-refractivity contribution in [3.05, 3.63) is 0 Å². The molecule has 1 unspecified atom stereocenters. The summed E-state index contributed by atoms with van der Waals surface area (Å²) in [5.74, 6) is -0.658. The van der Waals surface area contributed by atoms with Crippen LogP contribution < -0.4 is 0 Å². The summed E-state index contributed by atoms with van der Waals surface area (Å²) in [6.07, 6.45) is 8.44. The lowest BCUT2D eigenvalue weighted by Gasteiger charge is -2.48. The SMILES string of the molecule is CCC(CC)(CC)OOC1(OOC(CC)(CC)CC)CC(C)(C)CCC1C. The summed E-state index contributed by atoms with van der Waals surface area (Å²) in [5, 5.41) is 0. The quantitative estimate of drug-likeness (QED) is 0.199. The molecule has 4 nitrogen and oxygen atoms in total. The van der Waals surface area contributed by atoms with Crippen molar-refractivity contribution in [1.29, 1.82) is 0 Å². The van der Waals surface area contributed by atoms with Crippen molar-refractivity contribution in [2.75, 3.05) is 0 Å². The van der Waals surface area contributed by atoms with E-state index in [1.165, 1.54) is 0 Å². The van der Waals surface area contributed by atoms with Gasteiger partial charge in [-0.05, 0) is 56.8 Å². The Labute approximate surface area is 168 Å². The van der Waals surface area contributed by atoms with E-state index in [-0.39, 0.29) is 22.5 Å². The minimum atomic E-state index is -0.864. The number of hydrogen-bond acceptors (Lipinski definition) is 4. The third-order valence-electron chi connectivity index (χ3n) is 7.31. The first kappa shape index (κ1) is 24.9. The van der Waals surface area contributed by atoms with E-state index < -0.39 is 5.79 Å². The zero-order chi connectivity index (χ0) is 20.8. The lowest BCUT2D eigenvalue weighted by atomic mass is 9.70. The first-order chi connectivity index (χ1) is 12.6. The summed E-state index contributed by atoms with van der Waals surface area (Å²) in [5.41, 5.74) is -0.413. The van der Waals surface area contributed by atoms with Gasteiger partial charge in [0.15, 0.2) is 0 Å². The Morgan fingerprint density at radius 3 is 1.44 bits per heavy atom. The van der Waals surface area contributed by atoms with Crippen LogP contribution in [0, 0.1) is 11.3 Å². The highest BCUT2D eigenvalue weighted by Gasteiger charge is 2.51. The molecule has 0 aromatic rings. The fourth-order valence-electron chi connectivity index (χ4n) is 4.17. The van der Waals surface area contributed by atoms with Gasteiger partial charge in [0.1, 0.15) is 11.2 Å². The Morgan fingerprint density at radius 1 is 0.741 bits per heavy atom. The van der Waals surface area contributed by atoms with E-state index in [2.05, 4.69) is 62.3 Å². The van der Waals surface area contributed by atoms with Gasteiger partial charge in [-0.25, -0.2) is 9.78 Å². The van der Waals surface area contributed by atoms with Gasteiger partial charge in [-0.3, -0.25) is 0 Å². The number of hydrogen-bond donors (Lipinski definition) is 0. The second-order valence-corrected chi connectivity index (χ2v) is 9.41. The molecule has 0 heterocycles. The summed E-state index contributed by atoms with van der Waals surface area (Å²) in [4.78, 5) is 24.8. The highest BCUT2D eigenvalue weighted by molar-refractivity contribution is 4.90. The molecule has 0 spiro atoms. The van der Waals surface area contributed by atoms with E-state index >= 15 is 0 Å². The molecule has 1 saturated carbocycles. The van der Waals surface area contributed by atoms with Gasteiger partial charge in [-0.1, -0.05) is 62.3 Å². The van der Waals surface area contributed by atoms with Crippen LogP contribution in [0.25, 0.3) is 0 Å². The Hall–Kier alpha value is -0.160. The average Bonchev–Trinajstić information content (AvgIpc) is 2.68. The Bertz CT molecular complexity index is 384. The molecule has 1 fully saturated rings. The lowest BCUT2D eigenvalue weighted by molar-refractivity contribution is -0.565. The maximum absolute atomic E-state index is 6.24. The van der Waals surface area contributed by atoms with E-state index in [9.17, 15) is 0 Å². The zero-order valence-corrected chi connectivity index (χ0v) is 19.6. The Balaban J connectivity index is 3.09. The molecule has 27 heavy (non-hydrogen) atoms. The first-order valence-corrected chi connectivity index (χ1v) is 11.3. The van der Waals surface area contributed by atoms with Gasteiger partial charge in [0.2, 0.25) is 5.79 Å². The Morgan fingerprint density at radius 2 is 1.11 bits per heavy atom. The highest BCUT2D eigenvalue weighted by Crippen LogP contribution is 2.48. The smallest absolute Gasteiger partial charge is 0.227 e. The molecule has 1 atom stereocenters. The zero-order valence-electron chi connectivity index (χ0n) is 19.6. The van der Waals surface area contributed by atoms with E-state index in [0.717, 1.165) is 57.8 Å². The molecule has 0 aliphatic heterocycles. The van der Waals surface area contributed by atoms with E-state index in [4.69, 9.17) is 19.6 Å². The van der Waals surface area contributed by atoms with Crippen LogP contribution >= 0.6 is 0 Å². The first-order valence-electron chi connectivity index (χ1n) is 11.3. The summed E-state index contributed by atoms with van der Waals surface area (Å²) >= 11 is 0. The topological polar surface area (TPSA) is 36.9 Å². The summed E-state index contributed by atoms with van der Waals surface area (Å²) in [6.45, 7) is 19.7. The second kappa shape index (κ2) is 10.0.